The van der Waals surface area contributed by atoms with Gasteiger partial charge in [0.2, 0.25) is 5.78 Å². The van der Waals surface area contributed by atoms with E-state index in [-0.39, 0.29) is 60.2 Å². The maximum atomic E-state index is 14.5. The summed E-state index contributed by atoms with van der Waals surface area (Å²) >= 11 is 0. The first-order valence-electron chi connectivity index (χ1n) is 16.0. The molecule has 1 aromatic carbocycles. The number of phenols is 1. The Hall–Kier alpha value is -3.26. The summed E-state index contributed by atoms with van der Waals surface area (Å²) in [6, 6.07) is 1.89. The van der Waals surface area contributed by atoms with Gasteiger partial charge in [0.1, 0.15) is 28.6 Å². The Bertz CT molecular complexity index is 1490. The normalized spacial score (nSPS) is 28.4. The number of unbranched alkanes of at least 4 members (excludes halogenated alkanes) is 2. The molecule has 3 aliphatic carbocycles. The molecule has 1 saturated carbocycles. The van der Waals surface area contributed by atoms with Crippen LogP contribution in [0.5, 0.6) is 5.75 Å². The molecule has 0 saturated heterocycles. The van der Waals surface area contributed by atoms with Gasteiger partial charge in [-0.25, -0.2) is 0 Å². The lowest BCUT2D eigenvalue weighted by Crippen LogP contribution is -2.69. The minimum atomic E-state index is -2.64. The zero-order valence-corrected chi connectivity index (χ0v) is 27.4. The number of hydrogen-bond donors (Lipinski definition) is 4. The molecule has 44 heavy (non-hydrogen) atoms. The second kappa shape index (κ2) is 11.6. The number of fused-ring (bicyclic) bond motifs is 3. The number of Topliss-reactive ketones (excluding diaryl/α,β-unsaturated/α-hetero) is 4. The smallest absolute Gasteiger partial charge is 0.203 e. The van der Waals surface area contributed by atoms with Crippen LogP contribution in [0.3, 0.4) is 0 Å². The molecule has 8 heteroatoms. The van der Waals surface area contributed by atoms with Crippen molar-refractivity contribution in [1.82, 2.24) is 0 Å². The van der Waals surface area contributed by atoms with E-state index < -0.39 is 56.8 Å². The number of carbonyl (C=O) groups is 4. The lowest BCUT2D eigenvalue weighted by atomic mass is 9.43. The van der Waals surface area contributed by atoms with Gasteiger partial charge < -0.3 is 20.4 Å². The fourth-order valence-corrected chi connectivity index (χ4v) is 8.55. The van der Waals surface area contributed by atoms with E-state index in [2.05, 4.69) is 6.92 Å². The molecule has 0 spiro atoms. The van der Waals surface area contributed by atoms with Crippen LogP contribution in [-0.2, 0) is 32.0 Å². The number of ketones is 4. The van der Waals surface area contributed by atoms with Crippen molar-refractivity contribution < 1.29 is 39.6 Å². The molecule has 0 amide bonds. The highest BCUT2D eigenvalue weighted by Gasteiger charge is 2.72. The average molecular weight is 609 g/mol. The van der Waals surface area contributed by atoms with Crippen molar-refractivity contribution >= 4 is 28.9 Å². The van der Waals surface area contributed by atoms with Crippen LogP contribution in [0.25, 0.3) is 5.76 Å². The number of aromatic hydroxyl groups is 1. The number of phenolic OH excluding ortho intramolecular Hbond substituents is 1. The Morgan fingerprint density at radius 3 is 2.20 bits per heavy atom. The van der Waals surface area contributed by atoms with Crippen molar-refractivity contribution in [3.63, 3.8) is 0 Å². The third kappa shape index (κ3) is 4.84. The van der Waals surface area contributed by atoms with E-state index in [1.165, 1.54) is 0 Å². The molecular formula is C36H48O8. The SMILES string of the molecule is CCCCCC(=O)CCc1cc(C(C)C)c2c(c1O)C(O)=C1C(=O)[C@@]3(O)C(O)=C(C(C)=O)C(=O)C(C(C)C)[C@@]3(C)C[C@@]1(C)C2. The van der Waals surface area contributed by atoms with Crippen molar-refractivity contribution in [2.75, 3.05) is 0 Å². The van der Waals surface area contributed by atoms with Crippen LogP contribution in [0.4, 0.5) is 0 Å². The lowest BCUT2D eigenvalue weighted by molar-refractivity contribution is -0.178. The van der Waals surface area contributed by atoms with Crippen molar-refractivity contribution in [2.24, 2.45) is 22.7 Å². The zero-order chi connectivity index (χ0) is 33.1. The van der Waals surface area contributed by atoms with Gasteiger partial charge in [0, 0.05) is 35.2 Å². The highest BCUT2D eigenvalue weighted by Crippen LogP contribution is 2.65. The lowest BCUT2D eigenvalue weighted by Gasteiger charge is -2.60. The molecule has 0 bridgehead atoms. The van der Waals surface area contributed by atoms with Crippen LogP contribution in [-0.4, -0.2) is 49.2 Å². The fourth-order valence-electron chi connectivity index (χ4n) is 8.55. The molecule has 4 rings (SSSR count). The molecule has 0 radical (unpaired) electrons. The Labute approximate surface area is 260 Å². The second-order valence-electron chi connectivity index (χ2n) is 14.4. The number of rotatable bonds is 10. The predicted molar refractivity (Wildman–Crippen MR) is 167 cm³/mol. The molecule has 4 N–H and O–H groups in total. The van der Waals surface area contributed by atoms with E-state index in [0.717, 1.165) is 31.7 Å². The van der Waals surface area contributed by atoms with Gasteiger partial charge >= 0.3 is 0 Å². The summed E-state index contributed by atoms with van der Waals surface area (Å²) in [5.74, 6) is -5.27. The van der Waals surface area contributed by atoms with E-state index in [1.807, 2.05) is 19.9 Å². The minimum Gasteiger partial charge on any atom is -0.508 e. The molecule has 0 heterocycles. The quantitative estimate of drug-likeness (QED) is 0.176. The Morgan fingerprint density at radius 2 is 1.66 bits per heavy atom. The van der Waals surface area contributed by atoms with E-state index in [0.29, 0.717) is 17.5 Å². The maximum absolute atomic E-state index is 14.5. The Balaban J connectivity index is 1.94. The van der Waals surface area contributed by atoms with Crippen LogP contribution in [0, 0.1) is 22.7 Å². The van der Waals surface area contributed by atoms with Crippen LogP contribution < -0.4 is 0 Å². The monoisotopic (exact) mass is 608 g/mol. The minimum absolute atomic E-state index is 0.0158. The first-order chi connectivity index (χ1) is 20.4. The fraction of sp³-hybridized carbons (Fsp3) is 0.611. The van der Waals surface area contributed by atoms with E-state index in [1.54, 1.807) is 27.7 Å². The molecule has 0 aliphatic heterocycles. The molecule has 1 fully saturated rings. The van der Waals surface area contributed by atoms with Gasteiger partial charge in [-0.3, -0.25) is 19.2 Å². The summed E-state index contributed by atoms with van der Waals surface area (Å²) < 4.78 is 0. The molecule has 0 aromatic heterocycles. The number of carbonyl (C=O) groups excluding carboxylic acids is 4. The average Bonchev–Trinajstić information content (AvgIpc) is 2.89. The van der Waals surface area contributed by atoms with Crippen molar-refractivity contribution in [1.29, 1.82) is 0 Å². The first-order valence-corrected chi connectivity index (χ1v) is 16.0. The molecule has 1 aromatic rings. The number of aliphatic hydroxyl groups excluding tert-OH is 2. The number of aryl methyl sites for hydroxylation is 1. The van der Waals surface area contributed by atoms with Gasteiger partial charge in [-0.1, -0.05) is 67.4 Å². The summed E-state index contributed by atoms with van der Waals surface area (Å²) in [6.45, 7) is 14.2. The van der Waals surface area contributed by atoms with Gasteiger partial charge in [-0.2, -0.15) is 0 Å². The van der Waals surface area contributed by atoms with E-state index in [4.69, 9.17) is 0 Å². The summed E-state index contributed by atoms with van der Waals surface area (Å²) in [7, 11) is 0. The second-order valence-corrected chi connectivity index (χ2v) is 14.4. The number of allylic oxidation sites excluding steroid dienone is 1. The van der Waals surface area contributed by atoms with Crippen LogP contribution >= 0.6 is 0 Å². The van der Waals surface area contributed by atoms with Crippen LogP contribution in [0.1, 0.15) is 122 Å². The van der Waals surface area contributed by atoms with Crippen molar-refractivity contribution in [3.8, 4) is 5.75 Å². The van der Waals surface area contributed by atoms with Gasteiger partial charge in [-0.15, -0.1) is 0 Å². The molecule has 3 aliphatic rings. The highest BCUT2D eigenvalue weighted by atomic mass is 16.3. The molecular weight excluding hydrogens is 560 g/mol. The Kier molecular flexibility index (Phi) is 8.86. The first kappa shape index (κ1) is 33.6. The van der Waals surface area contributed by atoms with E-state index in [9.17, 15) is 39.6 Å². The Morgan fingerprint density at radius 1 is 1.02 bits per heavy atom. The topological polar surface area (TPSA) is 149 Å². The summed E-state index contributed by atoms with van der Waals surface area (Å²) in [4.78, 5) is 53.4. The standard InChI is InChI=1S/C36H48O8/c1-9-10-11-12-22(38)14-13-21-15-23(18(2)3)24-16-34(7)17-35(8)27(19(4)5)30(40)25(20(6)37)32(42)36(35,44)33(43)28(34)31(41)26(24)29(21)39/h15,18-19,27,39,41-42,44H,9-14,16-17H2,1-8H3/t27?,34-,35-,36+/m1/s1. The van der Waals surface area contributed by atoms with Crippen molar-refractivity contribution in [2.45, 2.75) is 118 Å². The highest BCUT2D eigenvalue weighted by molar-refractivity contribution is 6.24. The molecule has 240 valence electrons. The predicted octanol–water partition coefficient (Wildman–Crippen LogP) is 6.40. The van der Waals surface area contributed by atoms with Crippen LogP contribution in [0.2, 0.25) is 0 Å². The zero-order valence-electron chi connectivity index (χ0n) is 27.4. The molecule has 1 unspecified atom stereocenters. The summed E-state index contributed by atoms with van der Waals surface area (Å²) in [5, 5.41) is 47.0. The van der Waals surface area contributed by atoms with Gasteiger partial charge in [-0.05, 0) is 61.1 Å². The van der Waals surface area contributed by atoms with Gasteiger partial charge in [0.05, 0.1) is 5.56 Å². The van der Waals surface area contributed by atoms with Gasteiger partial charge in [0.15, 0.2) is 17.2 Å². The van der Waals surface area contributed by atoms with E-state index >= 15 is 0 Å². The number of aliphatic hydroxyl groups is 3. The largest absolute Gasteiger partial charge is 0.508 e. The third-order valence-electron chi connectivity index (χ3n) is 10.5. The number of hydrogen-bond acceptors (Lipinski definition) is 8. The van der Waals surface area contributed by atoms with Gasteiger partial charge in [0.25, 0.3) is 0 Å². The number of benzene rings is 1. The third-order valence-corrected chi connectivity index (χ3v) is 10.5. The summed E-state index contributed by atoms with van der Waals surface area (Å²) in [5.41, 5.74) is -3.80. The van der Waals surface area contributed by atoms with Crippen LogP contribution in [0.15, 0.2) is 23.0 Å². The summed E-state index contributed by atoms with van der Waals surface area (Å²) in [6.07, 6.45) is 4.05. The maximum Gasteiger partial charge on any atom is 0.203 e. The molecule has 8 nitrogen and oxygen atoms in total. The molecule has 4 atom stereocenters. The van der Waals surface area contributed by atoms with Crippen molar-refractivity contribution in [3.05, 3.63) is 45.2 Å².